The molecule has 4 fully saturated rings. The van der Waals surface area contributed by atoms with Crippen molar-refractivity contribution >= 4 is 17.9 Å². The van der Waals surface area contributed by atoms with Crippen LogP contribution in [-0.2, 0) is 28.6 Å². The highest BCUT2D eigenvalue weighted by molar-refractivity contribution is 5.87. The smallest absolute Gasteiger partial charge is 0.333 e. The lowest BCUT2D eigenvalue weighted by Crippen LogP contribution is -2.43. The van der Waals surface area contributed by atoms with E-state index in [4.69, 9.17) is 14.2 Å². The third kappa shape index (κ3) is 2.88. The average Bonchev–Trinajstić information content (AvgIpc) is 3.36. The van der Waals surface area contributed by atoms with E-state index in [1.165, 1.54) is 0 Å². The minimum absolute atomic E-state index is 0.0304. The molecule has 0 aromatic carbocycles. The molecule has 6 nitrogen and oxygen atoms in total. The van der Waals surface area contributed by atoms with Crippen molar-refractivity contribution in [3.63, 3.8) is 0 Å². The molecule has 0 N–H and O–H groups in total. The van der Waals surface area contributed by atoms with Crippen molar-refractivity contribution in [2.24, 2.45) is 29.6 Å². The molecule has 6 heteroatoms. The zero-order chi connectivity index (χ0) is 19.3. The van der Waals surface area contributed by atoms with E-state index in [0.29, 0.717) is 5.57 Å². The van der Waals surface area contributed by atoms with Crippen LogP contribution in [0.5, 0.6) is 0 Å². The summed E-state index contributed by atoms with van der Waals surface area (Å²) in [5.41, 5.74) is -0.0375. The standard InChI is InChI=1S/C21H28O6/c1-4-21(7-5-6-8-21)27-20(24)15-12-9-13-16(15)19(23)26-17(13)14(12)10-25-18(22)11(2)3/h12-17H,2,4-10H2,1,3H3. The van der Waals surface area contributed by atoms with Crippen molar-refractivity contribution in [2.75, 3.05) is 6.61 Å². The molecule has 0 amide bonds. The third-order valence-electron chi connectivity index (χ3n) is 7.28. The normalized spacial score (nSPS) is 37.9. The van der Waals surface area contributed by atoms with Crippen molar-refractivity contribution in [3.8, 4) is 0 Å². The predicted octanol–water partition coefficient (Wildman–Crippen LogP) is 2.80. The van der Waals surface area contributed by atoms with Crippen LogP contribution in [0.2, 0.25) is 0 Å². The molecule has 0 aromatic rings. The van der Waals surface area contributed by atoms with E-state index in [1.807, 2.05) is 0 Å². The van der Waals surface area contributed by atoms with Crippen LogP contribution in [0.4, 0.5) is 0 Å². The summed E-state index contributed by atoms with van der Waals surface area (Å²) < 4.78 is 17.0. The van der Waals surface area contributed by atoms with Crippen LogP contribution in [-0.4, -0.2) is 36.2 Å². The van der Waals surface area contributed by atoms with Crippen LogP contribution in [0.25, 0.3) is 0 Å². The first kappa shape index (κ1) is 18.5. The van der Waals surface area contributed by atoms with Gasteiger partial charge in [0.25, 0.3) is 0 Å². The highest BCUT2D eigenvalue weighted by atomic mass is 16.6. The van der Waals surface area contributed by atoms with Crippen molar-refractivity contribution in [1.82, 2.24) is 0 Å². The highest BCUT2D eigenvalue weighted by Crippen LogP contribution is 2.61. The van der Waals surface area contributed by atoms with E-state index in [0.717, 1.165) is 38.5 Å². The average molecular weight is 376 g/mol. The summed E-state index contributed by atoms with van der Waals surface area (Å²) >= 11 is 0. The number of rotatable bonds is 6. The van der Waals surface area contributed by atoms with Gasteiger partial charge in [0.2, 0.25) is 0 Å². The molecule has 6 atom stereocenters. The number of ether oxygens (including phenoxy) is 3. The topological polar surface area (TPSA) is 78.9 Å². The van der Waals surface area contributed by atoms with Crippen LogP contribution in [0.15, 0.2) is 12.2 Å². The summed E-state index contributed by atoms with van der Waals surface area (Å²) in [5.74, 6) is -2.00. The maximum atomic E-state index is 13.1. The van der Waals surface area contributed by atoms with Gasteiger partial charge in [0.15, 0.2) is 0 Å². The van der Waals surface area contributed by atoms with Crippen LogP contribution in [0.3, 0.4) is 0 Å². The van der Waals surface area contributed by atoms with Crippen LogP contribution >= 0.6 is 0 Å². The predicted molar refractivity (Wildman–Crippen MR) is 95.3 cm³/mol. The van der Waals surface area contributed by atoms with Crippen LogP contribution in [0.1, 0.15) is 52.4 Å². The summed E-state index contributed by atoms with van der Waals surface area (Å²) in [6.07, 6.45) is 5.25. The maximum Gasteiger partial charge on any atom is 0.333 e. The first-order chi connectivity index (χ1) is 12.9. The van der Waals surface area contributed by atoms with E-state index in [9.17, 15) is 14.4 Å². The Morgan fingerprint density at radius 3 is 2.59 bits per heavy atom. The zero-order valence-corrected chi connectivity index (χ0v) is 16.1. The lowest BCUT2D eigenvalue weighted by molar-refractivity contribution is -0.170. The molecule has 0 spiro atoms. The minimum Gasteiger partial charge on any atom is -0.462 e. The Morgan fingerprint density at radius 1 is 1.26 bits per heavy atom. The quantitative estimate of drug-likeness (QED) is 0.403. The van der Waals surface area contributed by atoms with Crippen molar-refractivity contribution in [2.45, 2.75) is 64.1 Å². The van der Waals surface area contributed by atoms with Gasteiger partial charge in [0.05, 0.1) is 18.4 Å². The minimum atomic E-state index is -0.473. The Bertz CT molecular complexity index is 676. The SMILES string of the molecule is C=C(C)C(=O)OCC1C2CC3C1OC(=O)C3C2C(=O)OC1(CC)CCCC1. The Balaban J connectivity index is 1.51. The number of carbonyl (C=O) groups is 3. The fourth-order valence-corrected chi connectivity index (χ4v) is 5.85. The number of carbonyl (C=O) groups excluding carboxylic acids is 3. The van der Waals surface area contributed by atoms with Gasteiger partial charge >= 0.3 is 17.9 Å². The lowest BCUT2D eigenvalue weighted by Gasteiger charge is -2.34. The first-order valence-corrected chi connectivity index (χ1v) is 10.1. The monoisotopic (exact) mass is 376 g/mol. The summed E-state index contributed by atoms with van der Waals surface area (Å²) in [4.78, 5) is 37.3. The zero-order valence-electron chi connectivity index (χ0n) is 16.1. The lowest BCUT2D eigenvalue weighted by atomic mass is 9.74. The number of esters is 3. The van der Waals surface area contributed by atoms with Gasteiger partial charge in [-0.15, -0.1) is 0 Å². The Hall–Kier alpha value is -1.85. The summed E-state index contributed by atoms with van der Waals surface area (Å²) in [5, 5.41) is 0. The molecule has 4 rings (SSSR count). The second kappa shape index (κ2) is 6.64. The molecule has 6 unspecified atom stereocenters. The second-order valence-corrected chi connectivity index (χ2v) is 8.72. The number of hydrogen-bond acceptors (Lipinski definition) is 6. The first-order valence-electron chi connectivity index (χ1n) is 10.1. The fraction of sp³-hybridized carbons (Fsp3) is 0.762. The third-order valence-corrected chi connectivity index (χ3v) is 7.28. The Labute approximate surface area is 159 Å². The van der Waals surface area contributed by atoms with Gasteiger partial charge in [-0.3, -0.25) is 9.59 Å². The summed E-state index contributed by atoms with van der Waals surface area (Å²) in [7, 11) is 0. The fourth-order valence-electron chi connectivity index (χ4n) is 5.85. The summed E-state index contributed by atoms with van der Waals surface area (Å²) in [6.45, 7) is 7.40. The molecule has 1 saturated heterocycles. The van der Waals surface area contributed by atoms with Crippen molar-refractivity contribution in [3.05, 3.63) is 12.2 Å². The van der Waals surface area contributed by atoms with Gasteiger partial charge in [-0.2, -0.15) is 0 Å². The largest absolute Gasteiger partial charge is 0.462 e. The highest BCUT2D eigenvalue weighted by Gasteiger charge is 2.69. The second-order valence-electron chi connectivity index (χ2n) is 8.72. The molecular formula is C21H28O6. The molecular weight excluding hydrogens is 348 g/mol. The van der Waals surface area contributed by atoms with E-state index in [1.54, 1.807) is 6.92 Å². The van der Waals surface area contributed by atoms with Gasteiger partial charge < -0.3 is 14.2 Å². The van der Waals surface area contributed by atoms with E-state index in [-0.39, 0.29) is 48.0 Å². The molecule has 148 valence electrons. The summed E-state index contributed by atoms with van der Waals surface area (Å²) in [6, 6.07) is 0. The van der Waals surface area contributed by atoms with Gasteiger partial charge in [-0.05, 0) is 51.4 Å². The Morgan fingerprint density at radius 2 is 1.96 bits per heavy atom. The molecule has 1 heterocycles. The molecule has 2 bridgehead atoms. The van der Waals surface area contributed by atoms with Crippen LogP contribution in [0, 0.1) is 29.6 Å². The van der Waals surface area contributed by atoms with E-state index in [2.05, 4.69) is 13.5 Å². The molecule has 1 aliphatic heterocycles. The number of fused-ring (bicyclic) bond motifs is 1. The van der Waals surface area contributed by atoms with Crippen molar-refractivity contribution in [1.29, 1.82) is 0 Å². The van der Waals surface area contributed by atoms with Crippen LogP contribution < -0.4 is 0 Å². The van der Waals surface area contributed by atoms with E-state index >= 15 is 0 Å². The molecule has 3 saturated carbocycles. The number of hydrogen-bond donors (Lipinski definition) is 0. The van der Waals surface area contributed by atoms with Gasteiger partial charge in [0, 0.05) is 17.4 Å². The molecule has 4 aliphatic rings. The molecule has 3 aliphatic carbocycles. The van der Waals surface area contributed by atoms with Gasteiger partial charge in [-0.1, -0.05) is 13.5 Å². The Kier molecular flexibility index (Phi) is 4.55. The van der Waals surface area contributed by atoms with E-state index < -0.39 is 17.8 Å². The molecule has 0 aromatic heterocycles. The molecule has 27 heavy (non-hydrogen) atoms. The van der Waals surface area contributed by atoms with Gasteiger partial charge in [-0.25, -0.2) is 4.79 Å². The maximum absolute atomic E-state index is 13.1. The molecule has 0 radical (unpaired) electrons. The van der Waals surface area contributed by atoms with Crippen molar-refractivity contribution < 1.29 is 28.6 Å². The van der Waals surface area contributed by atoms with Gasteiger partial charge in [0.1, 0.15) is 11.7 Å².